The summed E-state index contributed by atoms with van der Waals surface area (Å²) in [7, 11) is 0. The second-order valence-electron chi connectivity index (χ2n) is 2.76. The Balaban J connectivity index is 2.33. The summed E-state index contributed by atoms with van der Waals surface area (Å²) >= 11 is 0. The van der Waals surface area contributed by atoms with Crippen molar-refractivity contribution in [3.63, 3.8) is 0 Å². The maximum atomic E-state index is 3.83. The molecule has 1 radical (unpaired) electrons. The number of nitrogens with zero attached hydrogens (tertiary/aromatic N) is 1. The minimum absolute atomic E-state index is 1.10. The van der Waals surface area contributed by atoms with Crippen LogP contribution < -0.4 is 5.32 Å². The highest BCUT2D eigenvalue weighted by atomic mass is 15.2. The molecule has 0 unspecified atom stereocenters. The van der Waals surface area contributed by atoms with Crippen LogP contribution in [-0.4, -0.2) is 31.1 Å². The Morgan fingerprint density at radius 2 is 2.10 bits per heavy atom. The van der Waals surface area contributed by atoms with Crippen molar-refractivity contribution in [1.29, 1.82) is 0 Å². The molecule has 1 saturated heterocycles. The molecule has 2 heteroatoms. The molecule has 2 nitrogen and oxygen atoms in total. The predicted octanol–water partition coefficient (Wildman–Crippen LogP) is 0.629. The Kier molecular flexibility index (Phi) is 2.75. The number of hydrogen-bond acceptors (Lipinski definition) is 2. The van der Waals surface area contributed by atoms with Gasteiger partial charge in [-0.1, -0.05) is 5.57 Å². The van der Waals surface area contributed by atoms with E-state index in [9.17, 15) is 0 Å². The molecule has 0 bridgehead atoms. The van der Waals surface area contributed by atoms with Crippen LogP contribution in [0.15, 0.2) is 11.8 Å². The highest BCUT2D eigenvalue weighted by molar-refractivity contribution is 5.00. The number of hydrogen-bond donors (Lipinski definition) is 1. The molecule has 10 heavy (non-hydrogen) atoms. The smallest absolute Gasteiger partial charge is 0.0298 e. The summed E-state index contributed by atoms with van der Waals surface area (Å²) in [6, 6.07) is 0. The number of rotatable bonds is 1. The summed E-state index contributed by atoms with van der Waals surface area (Å²) in [6.07, 6.45) is 2.13. The monoisotopic (exact) mass is 139 g/mol. The van der Waals surface area contributed by atoms with Gasteiger partial charge in [-0.05, 0) is 20.0 Å². The van der Waals surface area contributed by atoms with Crippen molar-refractivity contribution in [3.05, 3.63) is 18.7 Å². The molecular formula is C8H15N2. The Hall–Kier alpha value is -0.500. The van der Waals surface area contributed by atoms with Gasteiger partial charge in [-0.3, -0.25) is 0 Å². The second kappa shape index (κ2) is 3.62. The third-order valence-electron chi connectivity index (χ3n) is 1.55. The van der Waals surface area contributed by atoms with Crippen LogP contribution >= 0.6 is 0 Å². The van der Waals surface area contributed by atoms with Crippen molar-refractivity contribution in [2.24, 2.45) is 0 Å². The molecule has 0 aromatic rings. The lowest BCUT2D eigenvalue weighted by molar-refractivity contribution is 0.322. The van der Waals surface area contributed by atoms with Crippen molar-refractivity contribution < 1.29 is 0 Å². The van der Waals surface area contributed by atoms with Crippen LogP contribution in [0.25, 0.3) is 0 Å². The van der Waals surface area contributed by atoms with Crippen molar-refractivity contribution in [2.75, 3.05) is 26.2 Å². The van der Waals surface area contributed by atoms with Gasteiger partial charge in [0.15, 0.2) is 0 Å². The van der Waals surface area contributed by atoms with Gasteiger partial charge in [0.25, 0.3) is 0 Å². The fourth-order valence-corrected chi connectivity index (χ4v) is 1.12. The average Bonchev–Trinajstić information content (AvgIpc) is 1.88. The van der Waals surface area contributed by atoms with Crippen molar-refractivity contribution in [1.82, 2.24) is 10.2 Å². The SMILES string of the molecule is [CH2]C(C)=CN1CCNCC1. The van der Waals surface area contributed by atoms with E-state index in [1.807, 2.05) is 6.92 Å². The topological polar surface area (TPSA) is 15.3 Å². The van der Waals surface area contributed by atoms with E-state index in [1.165, 1.54) is 0 Å². The van der Waals surface area contributed by atoms with E-state index < -0.39 is 0 Å². The summed E-state index contributed by atoms with van der Waals surface area (Å²) in [5, 5.41) is 3.30. The van der Waals surface area contributed by atoms with E-state index in [-0.39, 0.29) is 0 Å². The summed E-state index contributed by atoms with van der Waals surface area (Å²) < 4.78 is 0. The molecule has 0 aliphatic carbocycles. The van der Waals surface area contributed by atoms with Crippen molar-refractivity contribution >= 4 is 0 Å². The van der Waals surface area contributed by atoms with Crippen LogP contribution in [0.5, 0.6) is 0 Å². The first-order valence-corrected chi connectivity index (χ1v) is 3.74. The van der Waals surface area contributed by atoms with Crippen molar-refractivity contribution in [2.45, 2.75) is 6.92 Å². The molecule has 0 spiro atoms. The van der Waals surface area contributed by atoms with E-state index in [0.29, 0.717) is 0 Å². The van der Waals surface area contributed by atoms with Crippen LogP contribution in [0, 0.1) is 6.92 Å². The van der Waals surface area contributed by atoms with Gasteiger partial charge in [0.2, 0.25) is 0 Å². The highest BCUT2D eigenvalue weighted by Gasteiger charge is 2.03. The molecule has 1 aliphatic rings. The summed E-state index contributed by atoms with van der Waals surface area (Å²) in [6.45, 7) is 10.3. The summed E-state index contributed by atoms with van der Waals surface area (Å²) in [5.41, 5.74) is 1.14. The summed E-state index contributed by atoms with van der Waals surface area (Å²) in [5.74, 6) is 0. The van der Waals surface area contributed by atoms with Crippen LogP contribution in [0.2, 0.25) is 0 Å². The van der Waals surface area contributed by atoms with E-state index in [0.717, 1.165) is 31.8 Å². The predicted molar refractivity (Wildman–Crippen MR) is 43.6 cm³/mol. The van der Waals surface area contributed by atoms with E-state index in [2.05, 4.69) is 23.3 Å². The molecule has 1 rings (SSSR count). The molecule has 1 aliphatic heterocycles. The molecule has 0 amide bonds. The van der Waals surface area contributed by atoms with Crippen LogP contribution in [-0.2, 0) is 0 Å². The maximum absolute atomic E-state index is 3.83. The van der Waals surface area contributed by atoms with Gasteiger partial charge in [-0.2, -0.15) is 0 Å². The average molecular weight is 139 g/mol. The maximum Gasteiger partial charge on any atom is 0.0298 e. The fraction of sp³-hybridized carbons (Fsp3) is 0.625. The van der Waals surface area contributed by atoms with Crippen molar-refractivity contribution in [3.8, 4) is 0 Å². The zero-order chi connectivity index (χ0) is 7.40. The molecule has 0 saturated carbocycles. The fourth-order valence-electron chi connectivity index (χ4n) is 1.12. The Bertz CT molecular complexity index is 119. The zero-order valence-electron chi connectivity index (χ0n) is 6.56. The number of nitrogens with one attached hydrogen (secondary N) is 1. The number of allylic oxidation sites excluding steroid dienone is 1. The molecule has 0 aromatic carbocycles. The van der Waals surface area contributed by atoms with E-state index >= 15 is 0 Å². The lowest BCUT2D eigenvalue weighted by atomic mass is 10.3. The molecule has 0 atom stereocenters. The number of piperazine rings is 1. The van der Waals surface area contributed by atoms with Gasteiger partial charge < -0.3 is 10.2 Å². The first-order valence-electron chi connectivity index (χ1n) is 3.74. The van der Waals surface area contributed by atoms with E-state index in [4.69, 9.17) is 0 Å². The third-order valence-corrected chi connectivity index (χ3v) is 1.55. The van der Waals surface area contributed by atoms with Gasteiger partial charge in [-0.15, -0.1) is 0 Å². The normalized spacial score (nSPS) is 21.4. The molecule has 0 aromatic heterocycles. The molecular weight excluding hydrogens is 124 g/mol. The highest BCUT2D eigenvalue weighted by Crippen LogP contribution is 1.96. The first kappa shape index (κ1) is 7.61. The van der Waals surface area contributed by atoms with Gasteiger partial charge in [-0.25, -0.2) is 0 Å². The van der Waals surface area contributed by atoms with Crippen LogP contribution in [0.3, 0.4) is 0 Å². The van der Waals surface area contributed by atoms with Gasteiger partial charge in [0.1, 0.15) is 0 Å². The van der Waals surface area contributed by atoms with Crippen LogP contribution in [0.1, 0.15) is 6.92 Å². The van der Waals surface area contributed by atoms with Crippen LogP contribution in [0.4, 0.5) is 0 Å². The minimum Gasteiger partial charge on any atom is -0.375 e. The molecule has 57 valence electrons. The molecule has 1 N–H and O–H groups in total. The Morgan fingerprint density at radius 3 is 2.60 bits per heavy atom. The molecule has 1 fully saturated rings. The standard InChI is InChI=1S/C8H15N2/c1-8(2)7-10-5-3-9-4-6-10/h7,9H,1,3-6H2,2H3. The Labute approximate surface area is 62.9 Å². The Morgan fingerprint density at radius 1 is 1.50 bits per heavy atom. The lowest BCUT2D eigenvalue weighted by Gasteiger charge is -2.26. The zero-order valence-corrected chi connectivity index (χ0v) is 6.56. The largest absolute Gasteiger partial charge is 0.375 e. The van der Waals surface area contributed by atoms with E-state index in [1.54, 1.807) is 0 Å². The van der Waals surface area contributed by atoms with Gasteiger partial charge in [0.05, 0.1) is 0 Å². The second-order valence-corrected chi connectivity index (χ2v) is 2.76. The lowest BCUT2D eigenvalue weighted by Crippen LogP contribution is -2.40. The quantitative estimate of drug-likeness (QED) is 0.573. The van der Waals surface area contributed by atoms with Gasteiger partial charge in [0, 0.05) is 26.2 Å². The molecule has 1 heterocycles. The minimum atomic E-state index is 1.10. The third kappa shape index (κ3) is 2.40. The van der Waals surface area contributed by atoms with Gasteiger partial charge >= 0.3 is 0 Å². The first-order chi connectivity index (χ1) is 4.79. The summed E-state index contributed by atoms with van der Waals surface area (Å²) in [4.78, 5) is 2.30.